The molecule has 0 aromatic heterocycles. The van der Waals surface area contributed by atoms with E-state index in [1.165, 1.54) is 22.3 Å². The molecular weight excluding hydrogens is 368 g/mol. The van der Waals surface area contributed by atoms with Crippen molar-refractivity contribution in [2.45, 2.75) is 23.9 Å². The zero-order valence-electron chi connectivity index (χ0n) is 10.6. The van der Waals surface area contributed by atoms with Crippen molar-refractivity contribution >= 4 is 31.9 Å². The Labute approximate surface area is 131 Å². The molecule has 0 bridgehead atoms. The highest BCUT2D eigenvalue weighted by atomic mass is 79.9. The summed E-state index contributed by atoms with van der Waals surface area (Å²) >= 11 is 6.93. The lowest BCUT2D eigenvalue weighted by molar-refractivity contribution is 0.107. The van der Waals surface area contributed by atoms with E-state index in [2.05, 4.69) is 80.4 Å². The number of rotatable bonds is 6. The zero-order valence-corrected chi connectivity index (χ0v) is 13.8. The molecule has 2 aromatic carbocycles. The van der Waals surface area contributed by atoms with Gasteiger partial charge in [0.2, 0.25) is 0 Å². The largest absolute Gasteiger partial charge is 0.372 e. The van der Waals surface area contributed by atoms with E-state index in [0.717, 1.165) is 10.7 Å². The van der Waals surface area contributed by atoms with Gasteiger partial charge in [-0.05, 0) is 22.3 Å². The van der Waals surface area contributed by atoms with E-state index >= 15 is 0 Å². The summed E-state index contributed by atoms with van der Waals surface area (Å²) in [6.07, 6.45) is 0. The Morgan fingerprint density at radius 2 is 1.11 bits per heavy atom. The molecule has 0 radical (unpaired) electrons. The lowest BCUT2D eigenvalue weighted by atomic mass is 10.1. The molecule has 19 heavy (non-hydrogen) atoms. The van der Waals surface area contributed by atoms with Crippen LogP contribution in [0.3, 0.4) is 0 Å². The molecular formula is C16H16Br2O. The van der Waals surface area contributed by atoms with Crippen LogP contribution in [0.2, 0.25) is 0 Å². The summed E-state index contributed by atoms with van der Waals surface area (Å²) in [5.41, 5.74) is 4.99. The molecule has 0 aliphatic rings. The number of alkyl halides is 2. The Bertz CT molecular complexity index is 478. The minimum absolute atomic E-state index is 0.652. The van der Waals surface area contributed by atoms with Gasteiger partial charge in [-0.1, -0.05) is 80.4 Å². The molecule has 0 amide bonds. The fourth-order valence-electron chi connectivity index (χ4n) is 1.89. The molecule has 2 aromatic rings. The monoisotopic (exact) mass is 382 g/mol. The van der Waals surface area contributed by atoms with E-state index in [0.29, 0.717) is 13.2 Å². The molecule has 1 nitrogen and oxygen atoms in total. The smallest absolute Gasteiger partial charge is 0.0721 e. The second-order valence-electron chi connectivity index (χ2n) is 4.40. The fraction of sp³-hybridized carbons (Fsp3) is 0.250. The highest BCUT2D eigenvalue weighted by Gasteiger charge is 1.98. The van der Waals surface area contributed by atoms with E-state index in [1.54, 1.807) is 0 Å². The van der Waals surface area contributed by atoms with Crippen LogP contribution in [0.5, 0.6) is 0 Å². The average Bonchev–Trinajstić information content (AvgIpc) is 2.48. The molecule has 0 unspecified atom stereocenters. The first-order valence-electron chi connectivity index (χ1n) is 6.17. The van der Waals surface area contributed by atoms with Crippen molar-refractivity contribution < 1.29 is 4.74 Å². The van der Waals surface area contributed by atoms with Crippen molar-refractivity contribution in [1.82, 2.24) is 0 Å². The van der Waals surface area contributed by atoms with Crippen LogP contribution in [0.4, 0.5) is 0 Å². The topological polar surface area (TPSA) is 9.23 Å². The Hall–Kier alpha value is -0.640. The quantitative estimate of drug-likeness (QED) is 0.623. The molecule has 0 saturated carbocycles. The van der Waals surface area contributed by atoms with Crippen molar-refractivity contribution in [3.05, 3.63) is 70.8 Å². The van der Waals surface area contributed by atoms with Gasteiger partial charge in [-0.15, -0.1) is 0 Å². The molecule has 0 aliphatic carbocycles. The van der Waals surface area contributed by atoms with Crippen molar-refractivity contribution in [2.24, 2.45) is 0 Å². The van der Waals surface area contributed by atoms with Crippen LogP contribution in [0.1, 0.15) is 22.3 Å². The Balaban J connectivity index is 1.88. The molecule has 100 valence electrons. The van der Waals surface area contributed by atoms with E-state index < -0.39 is 0 Å². The summed E-state index contributed by atoms with van der Waals surface area (Å²) in [4.78, 5) is 0. The van der Waals surface area contributed by atoms with Gasteiger partial charge >= 0.3 is 0 Å². The molecule has 0 atom stereocenters. The molecule has 0 N–H and O–H groups in total. The third-order valence-electron chi connectivity index (χ3n) is 2.83. The number of hydrogen-bond donors (Lipinski definition) is 0. The molecule has 3 heteroatoms. The highest BCUT2D eigenvalue weighted by Crippen LogP contribution is 2.13. The predicted octanol–water partition coefficient (Wildman–Crippen LogP) is 5.19. The van der Waals surface area contributed by atoms with E-state index in [-0.39, 0.29) is 0 Å². The lowest BCUT2D eigenvalue weighted by Gasteiger charge is -2.07. The Morgan fingerprint density at radius 1 is 0.684 bits per heavy atom. The molecule has 0 saturated heterocycles. The molecule has 0 spiro atoms. The summed E-state index contributed by atoms with van der Waals surface area (Å²) in [6, 6.07) is 16.9. The van der Waals surface area contributed by atoms with E-state index in [4.69, 9.17) is 4.74 Å². The third-order valence-corrected chi connectivity index (χ3v) is 4.12. The maximum atomic E-state index is 5.77. The first kappa shape index (κ1) is 14.8. The number of ether oxygens (including phenoxy) is 1. The van der Waals surface area contributed by atoms with Gasteiger partial charge in [0.15, 0.2) is 0 Å². The summed E-state index contributed by atoms with van der Waals surface area (Å²) in [5, 5.41) is 1.77. The minimum atomic E-state index is 0.652. The summed E-state index contributed by atoms with van der Waals surface area (Å²) in [6.45, 7) is 1.30. The van der Waals surface area contributed by atoms with Crippen LogP contribution in [0.25, 0.3) is 0 Å². The lowest BCUT2D eigenvalue weighted by Crippen LogP contribution is -1.95. The van der Waals surface area contributed by atoms with Crippen molar-refractivity contribution in [3.63, 3.8) is 0 Å². The van der Waals surface area contributed by atoms with Gasteiger partial charge in [-0.2, -0.15) is 0 Å². The van der Waals surface area contributed by atoms with Crippen LogP contribution >= 0.6 is 31.9 Å². The number of benzene rings is 2. The van der Waals surface area contributed by atoms with Gasteiger partial charge in [0.05, 0.1) is 13.2 Å². The zero-order chi connectivity index (χ0) is 13.5. The van der Waals surface area contributed by atoms with Crippen molar-refractivity contribution in [3.8, 4) is 0 Å². The summed E-state index contributed by atoms with van der Waals surface area (Å²) < 4.78 is 5.77. The van der Waals surface area contributed by atoms with Gasteiger partial charge < -0.3 is 4.74 Å². The average molecular weight is 384 g/mol. The second kappa shape index (κ2) is 7.83. The molecule has 2 rings (SSSR count). The SMILES string of the molecule is BrCc1cccc(COCc2cccc(CBr)c2)c1. The van der Waals surface area contributed by atoms with Gasteiger partial charge in [-0.3, -0.25) is 0 Å². The number of halogens is 2. The summed E-state index contributed by atoms with van der Waals surface area (Å²) in [5.74, 6) is 0. The van der Waals surface area contributed by atoms with Crippen LogP contribution < -0.4 is 0 Å². The molecule has 0 fully saturated rings. The number of hydrogen-bond acceptors (Lipinski definition) is 1. The Morgan fingerprint density at radius 3 is 1.53 bits per heavy atom. The van der Waals surface area contributed by atoms with Crippen LogP contribution in [-0.2, 0) is 28.6 Å². The molecule has 0 aliphatic heterocycles. The normalized spacial score (nSPS) is 10.6. The van der Waals surface area contributed by atoms with Crippen LogP contribution in [-0.4, -0.2) is 0 Å². The van der Waals surface area contributed by atoms with E-state index in [9.17, 15) is 0 Å². The third kappa shape index (κ3) is 4.75. The maximum Gasteiger partial charge on any atom is 0.0721 e. The van der Waals surface area contributed by atoms with Crippen molar-refractivity contribution in [1.29, 1.82) is 0 Å². The minimum Gasteiger partial charge on any atom is -0.372 e. The summed E-state index contributed by atoms with van der Waals surface area (Å²) in [7, 11) is 0. The van der Waals surface area contributed by atoms with Crippen LogP contribution in [0.15, 0.2) is 48.5 Å². The highest BCUT2D eigenvalue weighted by molar-refractivity contribution is 9.08. The van der Waals surface area contributed by atoms with Gasteiger partial charge in [0.1, 0.15) is 0 Å². The first-order chi connectivity index (χ1) is 9.31. The van der Waals surface area contributed by atoms with Gasteiger partial charge in [0, 0.05) is 10.7 Å². The fourth-order valence-corrected chi connectivity index (χ4v) is 2.59. The van der Waals surface area contributed by atoms with Crippen LogP contribution in [0, 0.1) is 0 Å². The second-order valence-corrected chi connectivity index (χ2v) is 5.52. The van der Waals surface area contributed by atoms with Gasteiger partial charge in [0.25, 0.3) is 0 Å². The van der Waals surface area contributed by atoms with E-state index in [1.807, 2.05) is 0 Å². The van der Waals surface area contributed by atoms with Gasteiger partial charge in [-0.25, -0.2) is 0 Å². The maximum absolute atomic E-state index is 5.77. The predicted molar refractivity (Wildman–Crippen MR) is 86.6 cm³/mol. The Kier molecular flexibility index (Phi) is 6.08. The van der Waals surface area contributed by atoms with Crippen molar-refractivity contribution in [2.75, 3.05) is 0 Å². The first-order valence-corrected chi connectivity index (χ1v) is 8.41. The standard InChI is InChI=1S/C16H16Br2O/c17-9-13-3-1-5-15(7-13)11-19-12-16-6-2-4-14(8-16)10-18/h1-8H,9-12H2. The molecule has 0 heterocycles.